The fraction of sp³-hybridized carbons (Fsp3) is 0.353. The molecule has 27 heavy (non-hydrogen) atoms. The summed E-state index contributed by atoms with van der Waals surface area (Å²) in [6.45, 7) is 3.09. The van der Waals surface area contributed by atoms with E-state index >= 15 is 0 Å². The number of allylic oxidation sites excluding steroid dienone is 6. The minimum atomic E-state index is 0. The molecule has 2 aliphatic carbocycles. The second-order valence-electron chi connectivity index (χ2n) is 5.16. The first-order valence-corrected chi connectivity index (χ1v) is 13.2. The van der Waals surface area contributed by atoms with Crippen LogP contribution in [0.5, 0.6) is 0 Å². The molecule has 2 rings (SSSR count). The lowest BCUT2D eigenvalue weighted by atomic mass is 10.1. The van der Waals surface area contributed by atoms with Crippen molar-refractivity contribution >= 4 is 57.9 Å². The van der Waals surface area contributed by atoms with Crippen LogP contribution in [0.25, 0.3) is 0 Å². The second kappa shape index (κ2) is 14.4. The van der Waals surface area contributed by atoms with Gasteiger partial charge < -0.3 is 10.2 Å². The number of ketones is 2. The number of carbonyl (C=O) groups is 2. The highest BCUT2D eigenvalue weighted by molar-refractivity contribution is 8.02. The molecular formula is C17H28ClN3O2P4. The van der Waals surface area contributed by atoms with Crippen molar-refractivity contribution < 1.29 is 9.59 Å². The topological polar surface area (TPSA) is 82.0 Å². The van der Waals surface area contributed by atoms with Crippen LogP contribution in [-0.4, -0.2) is 11.6 Å². The van der Waals surface area contributed by atoms with E-state index in [1.165, 1.54) is 6.92 Å². The summed E-state index contributed by atoms with van der Waals surface area (Å²) >= 11 is 5.80. The first-order chi connectivity index (χ1) is 11.8. The fourth-order valence-corrected chi connectivity index (χ4v) is 4.17. The molecule has 0 aromatic carbocycles. The largest absolute Gasteiger partial charge is 0.363 e. The zero-order chi connectivity index (χ0) is 19.0. The second-order valence-corrected chi connectivity index (χ2v) is 8.46. The summed E-state index contributed by atoms with van der Waals surface area (Å²) in [5, 5.41) is 15.5. The molecule has 150 valence electrons. The van der Waals surface area contributed by atoms with Crippen LogP contribution in [-0.2, 0) is 9.59 Å². The number of carbonyl (C=O) groups excluding carboxylic acids is 2. The molecule has 0 bridgehead atoms. The van der Waals surface area contributed by atoms with Crippen molar-refractivity contribution in [3.63, 3.8) is 0 Å². The lowest BCUT2D eigenvalue weighted by Crippen LogP contribution is -2.04. The van der Waals surface area contributed by atoms with Crippen LogP contribution in [0.1, 0.15) is 41.5 Å². The number of hydrogen-bond acceptors (Lipinski definition) is 5. The molecule has 0 aromatic rings. The Balaban J connectivity index is 0. The lowest BCUT2D eigenvalue weighted by Gasteiger charge is -2.03. The SMILES string of the molecule is C.C.CC(=O)C1=C(NPP)C=C(C#N)C1.CC(=O)C1=C(NPP)C=C(Cl)C1. The Morgan fingerprint density at radius 2 is 1.48 bits per heavy atom. The molecule has 0 saturated heterocycles. The van der Waals surface area contributed by atoms with Crippen molar-refractivity contribution in [1.82, 2.24) is 10.2 Å². The third-order valence-electron chi connectivity index (χ3n) is 3.39. The van der Waals surface area contributed by atoms with E-state index in [1.807, 2.05) is 6.08 Å². The Bertz CT molecular complexity index is 737. The zero-order valence-corrected chi connectivity index (χ0v) is 18.9. The molecule has 0 amide bonds. The number of halogens is 1. The number of nitrogens with one attached hydrogen (secondary N) is 2. The molecule has 0 aromatic heterocycles. The summed E-state index contributed by atoms with van der Waals surface area (Å²) in [5.41, 5.74) is 3.83. The van der Waals surface area contributed by atoms with Crippen LogP contribution in [0, 0.1) is 11.3 Å². The van der Waals surface area contributed by atoms with Crippen molar-refractivity contribution in [3.8, 4) is 6.07 Å². The summed E-state index contributed by atoms with van der Waals surface area (Å²) < 4.78 is 0. The van der Waals surface area contributed by atoms with E-state index in [0.717, 1.165) is 22.0 Å². The predicted octanol–water partition coefficient (Wildman–Crippen LogP) is 5.26. The minimum Gasteiger partial charge on any atom is -0.363 e. The van der Waals surface area contributed by atoms with Gasteiger partial charge in [-0.25, -0.2) is 0 Å². The first-order valence-electron chi connectivity index (χ1n) is 7.22. The van der Waals surface area contributed by atoms with E-state index in [9.17, 15) is 9.59 Å². The molecule has 0 fully saturated rings. The van der Waals surface area contributed by atoms with Crippen molar-refractivity contribution in [1.29, 1.82) is 5.26 Å². The van der Waals surface area contributed by atoms with Gasteiger partial charge >= 0.3 is 0 Å². The molecule has 5 nitrogen and oxygen atoms in total. The van der Waals surface area contributed by atoms with E-state index in [2.05, 4.69) is 34.1 Å². The van der Waals surface area contributed by atoms with Crippen molar-refractivity contribution in [2.45, 2.75) is 41.5 Å². The molecule has 4 unspecified atom stereocenters. The summed E-state index contributed by atoms with van der Waals surface area (Å²) in [7, 11) is 6.09. The molecule has 0 radical (unpaired) electrons. The number of nitrogens with zero attached hydrogens (tertiary/aromatic N) is 1. The van der Waals surface area contributed by atoms with Crippen molar-refractivity contribution in [2.75, 3.05) is 0 Å². The van der Waals surface area contributed by atoms with Crippen LogP contribution in [0.4, 0.5) is 0 Å². The molecule has 2 aliphatic rings. The lowest BCUT2D eigenvalue weighted by molar-refractivity contribution is -0.114. The smallest absolute Gasteiger partial charge is 0.158 e. The van der Waals surface area contributed by atoms with E-state index in [4.69, 9.17) is 16.9 Å². The van der Waals surface area contributed by atoms with Gasteiger partial charge in [0.25, 0.3) is 0 Å². The Morgan fingerprint density at radius 3 is 1.89 bits per heavy atom. The molecule has 2 N–H and O–H groups in total. The Labute approximate surface area is 175 Å². The van der Waals surface area contributed by atoms with Crippen LogP contribution in [0.2, 0.25) is 0 Å². The molecule has 0 aliphatic heterocycles. The number of nitriles is 1. The van der Waals surface area contributed by atoms with Crippen molar-refractivity contribution in [3.05, 3.63) is 45.3 Å². The van der Waals surface area contributed by atoms with E-state index < -0.39 is 0 Å². The standard InChI is InChI=1S/C8H10N2OP2.C7H10ClNOP2.2CH4/c1-5(11)7-2-6(4-9)3-8(7)10-13-12;1-4(10)6-2-5(8)3-7(6)9-12-11;;/h3,10,13H,2,12H2,1H3;3,9,12H,2,11H2,1H3;2*1H4. The van der Waals surface area contributed by atoms with E-state index in [-0.39, 0.29) is 26.4 Å². The van der Waals surface area contributed by atoms with Gasteiger partial charge in [-0.2, -0.15) is 5.26 Å². The third kappa shape index (κ3) is 8.96. The highest BCUT2D eigenvalue weighted by Crippen LogP contribution is 2.30. The van der Waals surface area contributed by atoms with Crippen LogP contribution in [0.3, 0.4) is 0 Å². The van der Waals surface area contributed by atoms with Gasteiger partial charge in [-0.05, 0) is 42.8 Å². The number of Topliss-reactive ketones (excluding diaryl/α,β-unsaturated/α-hetero) is 2. The maximum absolute atomic E-state index is 11.1. The molecule has 0 spiro atoms. The Kier molecular flexibility index (Phi) is 15.3. The predicted molar refractivity (Wildman–Crippen MR) is 128 cm³/mol. The van der Waals surface area contributed by atoms with Gasteiger partial charge in [-0.1, -0.05) is 44.3 Å². The van der Waals surface area contributed by atoms with Crippen LogP contribution < -0.4 is 10.2 Å². The number of hydrogen-bond donors (Lipinski definition) is 2. The maximum Gasteiger partial charge on any atom is 0.158 e. The van der Waals surface area contributed by atoms with E-state index in [0.29, 0.717) is 40.8 Å². The average Bonchev–Trinajstić information content (AvgIpc) is 3.12. The Morgan fingerprint density at radius 1 is 1.04 bits per heavy atom. The van der Waals surface area contributed by atoms with Gasteiger partial charge in [0.05, 0.1) is 6.07 Å². The van der Waals surface area contributed by atoms with Gasteiger partial charge in [0.1, 0.15) is 0 Å². The molecule has 0 heterocycles. The number of rotatable bonds is 6. The summed E-state index contributed by atoms with van der Waals surface area (Å²) in [4.78, 5) is 22.2. The van der Waals surface area contributed by atoms with Crippen molar-refractivity contribution in [2.24, 2.45) is 0 Å². The van der Waals surface area contributed by atoms with Gasteiger partial charge in [0.2, 0.25) is 0 Å². The van der Waals surface area contributed by atoms with Gasteiger partial charge in [-0.15, -0.1) is 0 Å². The monoisotopic (exact) mass is 465 g/mol. The third-order valence-corrected chi connectivity index (χ3v) is 5.33. The summed E-state index contributed by atoms with van der Waals surface area (Å²) in [5.74, 6) is 0.125. The van der Waals surface area contributed by atoms with Gasteiger partial charge in [0, 0.05) is 46.0 Å². The quantitative estimate of drug-likeness (QED) is 0.523. The van der Waals surface area contributed by atoms with E-state index in [1.54, 1.807) is 13.0 Å². The fourth-order valence-electron chi connectivity index (χ4n) is 2.24. The zero-order valence-electron chi connectivity index (χ0n) is 13.9. The highest BCUT2D eigenvalue weighted by Gasteiger charge is 2.18. The normalized spacial score (nSPS) is 15.6. The maximum atomic E-state index is 11.1. The summed E-state index contributed by atoms with van der Waals surface area (Å²) in [6.07, 6.45) is 4.61. The molecule has 0 saturated carbocycles. The van der Waals surface area contributed by atoms with Gasteiger partial charge in [-0.3, -0.25) is 9.59 Å². The summed E-state index contributed by atoms with van der Waals surface area (Å²) in [6, 6.07) is 2.06. The molecule has 4 atom stereocenters. The van der Waals surface area contributed by atoms with Crippen LogP contribution in [0.15, 0.2) is 45.3 Å². The Hall–Kier alpha value is -0.600. The van der Waals surface area contributed by atoms with Gasteiger partial charge in [0.15, 0.2) is 11.6 Å². The minimum absolute atomic E-state index is 0. The van der Waals surface area contributed by atoms with Crippen LogP contribution >= 0.6 is 46.3 Å². The first kappa shape index (κ1) is 28.6. The molecule has 10 heteroatoms. The molecular weight excluding hydrogens is 438 g/mol. The average molecular weight is 466 g/mol. The highest BCUT2D eigenvalue weighted by atomic mass is 35.5.